The van der Waals surface area contributed by atoms with E-state index in [4.69, 9.17) is 14.2 Å². The molecule has 0 unspecified atom stereocenters. The van der Waals surface area contributed by atoms with Crippen molar-refractivity contribution in [3.63, 3.8) is 0 Å². The zero-order valence-corrected chi connectivity index (χ0v) is 23.5. The quantitative estimate of drug-likeness (QED) is 0.222. The summed E-state index contributed by atoms with van der Waals surface area (Å²) in [7, 11) is 0. The lowest BCUT2D eigenvalue weighted by Crippen LogP contribution is -2.57. The second kappa shape index (κ2) is 17.0. The van der Waals surface area contributed by atoms with Gasteiger partial charge < -0.3 is 40.6 Å². The van der Waals surface area contributed by atoms with Crippen molar-refractivity contribution in [1.82, 2.24) is 21.3 Å². The summed E-state index contributed by atoms with van der Waals surface area (Å²) in [6, 6.07) is -2.93. The lowest BCUT2D eigenvalue weighted by atomic mass is 9.97. The van der Waals surface area contributed by atoms with E-state index >= 15 is 0 Å². The van der Waals surface area contributed by atoms with Crippen LogP contribution in [0.5, 0.6) is 0 Å². The lowest BCUT2D eigenvalue weighted by molar-refractivity contribution is -0.131. The first-order valence-electron chi connectivity index (χ1n) is 13.2. The van der Waals surface area contributed by atoms with Crippen molar-refractivity contribution in [1.29, 1.82) is 0 Å². The molecule has 0 aromatic heterocycles. The van der Waals surface area contributed by atoms with E-state index in [1.165, 1.54) is 6.92 Å². The molecule has 1 heterocycles. The van der Waals surface area contributed by atoms with Gasteiger partial charge in [0, 0.05) is 12.5 Å². The average Bonchev–Trinajstić information content (AvgIpc) is 2.82. The van der Waals surface area contributed by atoms with Gasteiger partial charge in [-0.25, -0.2) is 4.79 Å². The average molecular weight is 543 g/mol. The molecule has 1 aliphatic heterocycles. The first kappa shape index (κ1) is 33.3. The van der Waals surface area contributed by atoms with Crippen molar-refractivity contribution in [2.75, 3.05) is 33.0 Å². The van der Waals surface area contributed by atoms with Crippen LogP contribution in [0.3, 0.4) is 0 Å². The Morgan fingerprint density at radius 1 is 1.13 bits per heavy atom. The Morgan fingerprint density at radius 3 is 2.37 bits per heavy atom. The van der Waals surface area contributed by atoms with Crippen LogP contribution in [0.4, 0.5) is 4.79 Å². The molecule has 0 radical (unpaired) electrons. The molecule has 0 spiro atoms. The fourth-order valence-electron chi connectivity index (χ4n) is 3.42. The summed E-state index contributed by atoms with van der Waals surface area (Å²) in [5, 5.41) is 21.4. The number of carbonyl (C=O) groups excluding carboxylic acids is 4. The lowest BCUT2D eigenvalue weighted by Gasteiger charge is -2.28. The van der Waals surface area contributed by atoms with Crippen molar-refractivity contribution < 1.29 is 38.5 Å². The Balaban J connectivity index is 2.90. The molecule has 1 aliphatic rings. The Bertz CT molecular complexity index is 799. The van der Waals surface area contributed by atoms with Crippen molar-refractivity contribution in [2.24, 2.45) is 5.92 Å². The number of carbonyl (C=O) groups is 4. The van der Waals surface area contributed by atoms with Crippen LogP contribution < -0.4 is 21.3 Å². The highest BCUT2D eigenvalue weighted by molar-refractivity contribution is 5.91. The molecule has 5 N–H and O–H groups in total. The molecule has 0 aromatic rings. The third kappa shape index (κ3) is 13.7. The Kier molecular flexibility index (Phi) is 14.9. The first-order valence-corrected chi connectivity index (χ1v) is 13.2. The third-order valence-electron chi connectivity index (χ3n) is 5.60. The monoisotopic (exact) mass is 542 g/mol. The van der Waals surface area contributed by atoms with Crippen LogP contribution in [0, 0.1) is 5.92 Å². The number of amides is 4. The molecule has 0 bridgehead atoms. The van der Waals surface area contributed by atoms with Crippen LogP contribution in [-0.4, -0.2) is 91.7 Å². The zero-order chi connectivity index (χ0) is 28.7. The predicted octanol–water partition coefficient (Wildman–Crippen LogP) is 0.776. The number of hydrogen-bond acceptors (Lipinski definition) is 8. The Hall–Kier alpha value is -2.70. The molecule has 5 atom stereocenters. The second-order valence-electron chi connectivity index (χ2n) is 10.4. The van der Waals surface area contributed by atoms with E-state index in [0.29, 0.717) is 6.54 Å². The predicted molar refractivity (Wildman–Crippen MR) is 141 cm³/mol. The van der Waals surface area contributed by atoms with Crippen molar-refractivity contribution in [2.45, 2.75) is 90.6 Å². The fourth-order valence-corrected chi connectivity index (χ4v) is 3.42. The number of rotatable bonds is 8. The van der Waals surface area contributed by atoms with Gasteiger partial charge in [-0.1, -0.05) is 32.4 Å². The van der Waals surface area contributed by atoms with E-state index in [1.807, 2.05) is 6.92 Å². The highest BCUT2D eigenvalue weighted by Gasteiger charge is 2.30. The molecule has 38 heavy (non-hydrogen) atoms. The topological polar surface area (TPSA) is 164 Å². The standard InChI is InChI=1S/C26H46N4O8/c1-7-8-11-27-22(32)17(2)14-21(31)19-15-36-12-9-10-13-37-16-20(30-25(35)38-26(4,5)6)24(34)28-18(3)23(33)29-19/h9-10,17-21,31H,7-8,11-16H2,1-6H3,(H,27,32)(H,28,34)(H,29,33)(H,30,35)/b10-9+/t17-,18+,19+,20+,21+/m1/s1. The molecule has 12 heteroatoms. The van der Waals surface area contributed by atoms with E-state index in [9.17, 15) is 24.3 Å². The highest BCUT2D eigenvalue weighted by atomic mass is 16.6. The number of ether oxygens (including phenoxy) is 3. The van der Waals surface area contributed by atoms with Crippen LogP contribution in [0.15, 0.2) is 12.2 Å². The maximum atomic E-state index is 12.9. The van der Waals surface area contributed by atoms with E-state index < -0.39 is 53.7 Å². The Morgan fingerprint density at radius 2 is 1.76 bits per heavy atom. The van der Waals surface area contributed by atoms with Crippen molar-refractivity contribution >= 4 is 23.8 Å². The van der Waals surface area contributed by atoms with Crippen molar-refractivity contribution in [3.05, 3.63) is 12.2 Å². The second-order valence-corrected chi connectivity index (χ2v) is 10.4. The molecule has 0 saturated carbocycles. The van der Waals surface area contributed by atoms with Gasteiger partial charge in [0.05, 0.1) is 38.6 Å². The fraction of sp³-hybridized carbons (Fsp3) is 0.769. The number of unbranched alkanes of at least 4 members (excludes halogenated alkanes) is 1. The molecular formula is C26H46N4O8. The maximum Gasteiger partial charge on any atom is 0.408 e. The smallest absolute Gasteiger partial charge is 0.408 e. The number of alkyl carbamates (subject to hydrolysis) is 1. The summed E-state index contributed by atoms with van der Waals surface area (Å²) >= 11 is 0. The summed E-state index contributed by atoms with van der Waals surface area (Å²) in [4.78, 5) is 50.3. The van der Waals surface area contributed by atoms with Crippen LogP contribution in [0.25, 0.3) is 0 Å². The van der Waals surface area contributed by atoms with Gasteiger partial charge in [-0.15, -0.1) is 0 Å². The SMILES string of the molecule is CCCCNC(=O)[C@H](C)C[C@H](O)[C@@H]1COC/C=C/COC[C@H](NC(=O)OC(C)(C)C)C(=O)N[C@@H](C)C(=O)N1. The number of hydrogen-bond donors (Lipinski definition) is 5. The third-order valence-corrected chi connectivity index (χ3v) is 5.60. The molecule has 0 saturated heterocycles. The molecule has 0 aromatic carbocycles. The van der Waals surface area contributed by atoms with Crippen LogP contribution in [0.2, 0.25) is 0 Å². The van der Waals surface area contributed by atoms with Gasteiger partial charge in [0.1, 0.15) is 17.7 Å². The van der Waals surface area contributed by atoms with E-state index in [1.54, 1.807) is 39.8 Å². The molecule has 218 valence electrons. The molecule has 0 fully saturated rings. The van der Waals surface area contributed by atoms with Crippen LogP contribution in [0.1, 0.15) is 60.8 Å². The minimum absolute atomic E-state index is 0.00817. The van der Waals surface area contributed by atoms with E-state index in [0.717, 1.165) is 12.8 Å². The van der Waals surface area contributed by atoms with Gasteiger partial charge in [-0.3, -0.25) is 14.4 Å². The summed E-state index contributed by atoms with van der Waals surface area (Å²) in [5.41, 5.74) is -0.763. The maximum absolute atomic E-state index is 12.9. The highest BCUT2D eigenvalue weighted by Crippen LogP contribution is 2.11. The number of aliphatic hydroxyl groups excluding tert-OH is 1. The Labute approximate surface area is 225 Å². The van der Waals surface area contributed by atoms with Gasteiger partial charge in [0.2, 0.25) is 17.7 Å². The van der Waals surface area contributed by atoms with Gasteiger partial charge in [-0.2, -0.15) is 0 Å². The number of nitrogens with one attached hydrogen (secondary N) is 4. The summed E-state index contributed by atoms with van der Waals surface area (Å²) < 4.78 is 16.3. The van der Waals surface area contributed by atoms with Gasteiger partial charge >= 0.3 is 6.09 Å². The van der Waals surface area contributed by atoms with Gasteiger partial charge in [-0.05, 0) is 40.5 Å². The largest absolute Gasteiger partial charge is 0.444 e. The summed E-state index contributed by atoms with van der Waals surface area (Å²) in [6.45, 7) is 11.1. The van der Waals surface area contributed by atoms with Crippen molar-refractivity contribution in [3.8, 4) is 0 Å². The minimum Gasteiger partial charge on any atom is -0.444 e. The van der Waals surface area contributed by atoms with Crippen LogP contribution >= 0.6 is 0 Å². The first-order chi connectivity index (χ1) is 17.8. The summed E-state index contributed by atoms with van der Waals surface area (Å²) in [6.07, 6.45) is 3.46. The van der Waals surface area contributed by atoms with E-state index in [-0.39, 0.29) is 38.8 Å². The van der Waals surface area contributed by atoms with Crippen LogP contribution in [-0.2, 0) is 28.6 Å². The molecule has 4 amide bonds. The van der Waals surface area contributed by atoms with Gasteiger partial charge in [0.25, 0.3) is 0 Å². The molecule has 1 rings (SSSR count). The normalized spacial score (nSPS) is 24.4. The molecule has 0 aliphatic carbocycles. The van der Waals surface area contributed by atoms with Gasteiger partial charge in [0.15, 0.2) is 0 Å². The minimum atomic E-state index is -1.11. The zero-order valence-electron chi connectivity index (χ0n) is 23.5. The number of aliphatic hydroxyl groups is 1. The summed E-state index contributed by atoms with van der Waals surface area (Å²) in [5.74, 6) is -1.85. The van der Waals surface area contributed by atoms with E-state index in [2.05, 4.69) is 21.3 Å². The molecular weight excluding hydrogens is 496 g/mol. The molecule has 12 nitrogen and oxygen atoms in total.